The van der Waals surface area contributed by atoms with E-state index in [1.54, 1.807) is 4.90 Å². The maximum absolute atomic E-state index is 11.9. The lowest BCUT2D eigenvalue weighted by Gasteiger charge is -2.21. The van der Waals surface area contributed by atoms with Gasteiger partial charge in [-0.15, -0.1) is 0 Å². The molecule has 0 aliphatic rings. The minimum absolute atomic E-state index is 0.0334. The first-order valence-corrected chi connectivity index (χ1v) is 6.65. The van der Waals surface area contributed by atoms with Crippen LogP contribution in [0.4, 0.5) is 4.79 Å². The van der Waals surface area contributed by atoms with E-state index in [-0.39, 0.29) is 19.2 Å². The molecule has 1 aromatic heterocycles. The molecule has 1 aromatic rings. The first-order chi connectivity index (χ1) is 9.08. The zero-order valence-corrected chi connectivity index (χ0v) is 11.9. The Balaban J connectivity index is 2.46. The van der Waals surface area contributed by atoms with Gasteiger partial charge < -0.3 is 19.7 Å². The Bertz CT molecular complexity index is 384. The van der Waals surface area contributed by atoms with Crippen molar-refractivity contribution in [2.24, 2.45) is 0 Å². The number of hydrogen-bond acceptors (Lipinski definition) is 4. The fourth-order valence-corrected chi connectivity index (χ4v) is 1.66. The molecule has 0 spiro atoms. The van der Waals surface area contributed by atoms with Crippen molar-refractivity contribution in [2.75, 3.05) is 19.7 Å². The Morgan fingerprint density at radius 3 is 2.68 bits per heavy atom. The van der Waals surface area contributed by atoms with Gasteiger partial charge >= 0.3 is 6.03 Å². The number of oxazole rings is 1. The van der Waals surface area contributed by atoms with Gasteiger partial charge in [-0.05, 0) is 20.3 Å². The van der Waals surface area contributed by atoms with Gasteiger partial charge in [-0.1, -0.05) is 13.3 Å². The molecular formula is C13H23N3O3. The van der Waals surface area contributed by atoms with Gasteiger partial charge in [0.1, 0.15) is 5.76 Å². The summed E-state index contributed by atoms with van der Waals surface area (Å²) >= 11 is 0. The second kappa shape index (κ2) is 7.78. The minimum Gasteiger partial charge on any atom is -0.444 e. The molecule has 1 rings (SSSR count). The van der Waals surface area contributed by atoms with Crippen LogP contribution in [0.25, 0.3) is 0 Å². The SMILES string of the molecule is CCCCN(CCO)C(=O)NCc1nc(C)c(C)o1. The number of urea groups is 1. The van der Waals surface area contributed by atoms with Crippen molar-refractivity contribution in [3.05, 3.63) is 17.3 Å². The molecule has 0 aromatic carbocycles. The Hall–Kier alpha value is -1.56. The molecule has 0 unspecified atom stereocenters. The lowest BCUT2D eigenvalue weighted by molar-refractivity contribution is 0.175. The Morgan fingerprint density at radius 2 is 2.16 bits per heavy atom. The van der Waals surface area contributed by atoms with Gasteiger partial charge in [0, 0.05) is 13.1 Å². The highest BCUT2D eigenvalue weighted by Gasteiger charge is 2.13. The predicted molar refractivity (Wildman–Crippen MR) is 71.8 cm³/mol. The number of amides is 2. The number of rotatable bonds is 7. The van der Waals surface area contributed by atoms with Crippen molar-refractivity contribution in [2.45, 2.75) is 40.2 Å². The second-order valence-electron chi connectivity index (χ2n) is 4.47. The molecule has 2 amide bonds. The average Bonchev–Trinajstić information content (AvgIpc) is 2.71. The van der Waals surface area contributed by atoms with Crippen molar-refractivity contribution in [3.63, 3.8) is 0 Å². The zero-order chi connectivity index (χ0) is 14.3. The lowest BCUT2D eigenvalue weighted by Crippen LogP contribution is -2.41. The number of nitrogens with zero attached hydrogens (tertiary/aromatic N) is 2. The molecule has 6 nitrogen and oxygen atoms in total. The molecule has 0 saturated heterocycles. The number of carbonyl (C=O) groups is 1. The number of aliphatic hydroxyl groups is 1. The van der Waals surface area contributed by atoms with Crippen LogP contribution in [0.3, 0.4) is 0 Å². The van der Waals surface area contributed by atoms with Crippen LogP contribution in [0.1, 0.15) is 37.1 Å². The Morgan fingerprint density at radius 1 is 1.42 bits per heavy atom. The van der Waals surface area contributed by atoms with E-state index < -0.39 is 0 Å². The standard InChI is InChI=1S/C13H23N3O3/c1-4-5-6-16(7-8-17)13(18)14-9-12-15-10(2)11(3)19-12/h17H,4-9H2,1-3H3,(H,14,18). The Kier molecular flexibility index (Phi) is 6.35. The summed E-state index contributed by atoms with van der Waals surface area (Å²) < 4.78 is 5.39. The van der Waals surface area contributed by atoms with Crippen LogP contribution in [0, 0.1) is 13.8 Å². The molecule has 19 heavy (non-hydrogen) atoms. The van der Waals surface area contributed by atoms with E-state index in [0.717, 1.165) is 24.3 Å². The number of unbranched alkanes of at least 4 members (excludes halogenated alkanes) is 1. The second-order valence-corrected chi connectivity index (χ2v) is 4.47. The van der Waals surface area contributed by atoms with Crippen LogP contribution in [-0.2, 0) is 6.54 Å². The number of nitrogens with one attached hydrogen (secondary N) is 1. The van der Waals surface area contributed by atoms with Crippen molar-refractivity contribution in [3.8, 4) is 0 Å². The summed E-state index contributed by atoms with van der Waals surface area (Å²) in [5, 5.41) is 11.7. The number of aryl methyl sites for hydroxylation is 2. The van der Waals surface area contributed by atoms with E-state index in [2.05, 4.69) is 17.2 Å². The minimum atomic E-state index is -0.198. The molecule has 0 radical (unpaired) electrons. The summed E-state index contributed by atoms with van der Waals surface area (Å²) in [5.74, 6) is 1.27. The van der Waals surface area contributed by atoms with Crippen molar-refractivity contribution in [1.29, 1.82) is 0 Å². The largest absolute Gasteiger partial charge is 0.444 e. The fraction of sp³-hybridized carbons (Fsp3) is 0.692. The third kappa shape index (κ3) is 4.90. The van der Waals surface area contributed by atoms with Crippen LogP contribution in [-0.4, -0.2) is 40.7 Å². The highest BCUT2D eigenvalue weighted by molar-refractivity contribution is 5.74. The van der Waals surface area contributed by atoms with Gasteiger partial charge in [0.05, 0.1) is 18.8 Å². The highest BCUT2D eigenvalue weighted by Crippen LogP contribution is 2.07. The first kappa shape index (κ1) is 15.5. The van der Waals surface area contributed by atoms with Gasteiger partial charge in [-0.25, -0.2) is 9.78 Å². The van der Waals surface area contributed by atoms with Crippen LogP contribution < -0.4 is 5.32 Å². The Labute approximate surface area is 113 Å². The van der Waals surface area contributed by atoms with E-state index >= 15 is 0 Å². The van der Waals surface area contributed by atoms with Gasteiger partial charge in [0.25, 0.3) is 0 Å². The van der Waals surface area contributed by atoms with Crippen molar-refractivity contribution >= 4 is 6.03 Å². The third-order valence-electron chi connectivity index (χ3n) is 2.90. The molecule has 6 heteroatoms. The number of carbonyl (C=O) groups excluding carboxylic acids is 1. The molecule has 108 valence electrons. The van der Waals surface area contributed by atoms with Crippen molar-refractivity contribution < 1.29 is 14.3 Å². The topological polar surface area (TPSA) is 78.6 Å². The average molecular weight is 269 g/mol. The summed E-state index contributed by atoms with van der Waals surface area (Å²) in [4.78, 5) is 17.7. The lowest BCUT2D eigenvalue weighted by atomic mass is 10.3. The summed E-state index contributed by atoms with van der Waals surface area (Å²) in [7, 11) is 0. The quantitative estimate of drug-likeness (QED) is 0.788. The molecular weight excluding hydrogens is 246 g/mol. The zero-order valence-electron chi connectivity index (χ0n) is 11.9. The monoisotopic (exact) mass is 269 g/mol. The molecule has 1 heterocycles. The molecule has 0 fully saturated rings. The van der Waals surface area contributed by atoms with E-state index in [1.807, 2.05) is 13.8 Å². The summed E-state index contributed by atoms with van der Waals surface area (Å²) in [6.07, 6.45) is 1.93. The first-order valence-electron chi connectivity index (χ1n) is 6.65. The fourth-order valence-electron chi connectivity index (χ4n) is 1.66. The molecule has 0 atom stereocenters. The maximum Gasteiger partial charge on any atom is 0.317 e. The van der Waals surface area contributed by atoms with Crippen LogP contribution in [0.5, 0.6) is 0 Å². The van der Waals surface area contributed by atoms with E-state index in [1.165, 1.54) is 0 Å². The van der Waals surface area contributed by atoms with E-state index in [4.69, 9.17) is 9.52 Å². The normalized spacial score (nSPS) is 10.5. The van der Waals surface area contributed by atoms with Gasteiger partial charge in [-0.3, -0.25) is 0 Å². The number of hydrogen-bond donors (Lipinski definition) is 2. The third-order valence-corrected chi connectivity index (χ3v) is 2.90. The summed E-state index contributed by atoms with van der Waals surface area (Å²) in [6, 6.07) is -0.198. The van der Waals surface area contributed by atoms with Gasteiger partial charge in [0.15, 0.2) is 0 Å². The summed E-state index contributed by atoms with van der Waals surface area (Å²) in [6.45, 7) is 6.99. The molecule has 0 aliphatic carbocycles. The molecule has 0 bridgehead atoms. The maximum atomic E-state index is 11.9. The van der Waals surface area contributed by atoms with E-state index in [9.17, 15) is 4.79 Å². The van der Waals surface area contributed by atoms with Gasteiger partial charge in [-0.2, -0.15) is 0 Å². The summed E-state index contributed by atoms with van der Waals surface area (Å²) in [5.41, 5.74) is 0.836. The predicted octanol–water partition coefficient (Wildman–Crippen LogP) is 1.60. The number of aromatic nitrogens is 1. The van der Waals surface area contributed by atoms with Crippen LogP contribution in [0.15, 0.2) is 4.42 Å². The highest BCUT2D eigenvalue weighted by atomic mass is 16.4. The van der Waals surface area contributed by atoms with Gasteiger partial charge in [0.2, 0.25) is 5.89 Å². The number of aliphatic hydroxyl groups excluding tert-OH is 1. The van der Waals surface area contributed by atoms with Crippen LogP contribution >= 0.6 is 0 Å². The van der Waals surface area contributed by atoms with Crippen molar-refractivity contribution in [1.82, 2.24) is 15.2 Å². The molecule has 0 aliphatic heterocycles. The van der Waals surface area contributed by atoms with Crippen LogP contribution in [0.2, 0.25) is 0 Å². The molecule has 0 saturated carbocycles. The molecule has 2 N–H and O–H groups in total. The smallest absolute Gasteiger partial charge is 0.317 e. The van der Waals surface area contributed by atoms with E-state index in [0.29, 0.717) is 19.0 Å².